The predicted octanol–water partition coefficient (Wildman–Crippen LogP) is 1.57. The molecule has 1 fully saturated rings. The average molecular weight is 337 g/mol. The van der Waals surface area contributed by atoms with Gasteiger partial charge in [-0.25, -0.2) is 12.8 Å². The molecule has 4 nitrogen and oxygen atoms in total. The van der Waals surface area contributed by atoms with Crippen molar-refractivity contribution in [1.82, 2.24) is 9.62 Å². The maximum absolute atomic E-state index is 13.0. The average Bonchev–Trinajstić information content (AvgIpc) is 2.28. The Labute approximate surface area is 114 Å². The summed E-state index contributed by atoms with van der Waals surface area (Å²) in [6, 6.07) is 3.51. The highest BCUT2D eigenvalue weighted by Crippen LogP contribution is 2.27. The third kappa shape index (κ3) is 2.59. The Bertz CT molecular complexity index is 550. The van der Waals surface area contributed by atoms with Crippen molar-refractivity contribution in [2.24, 2.45) is 0 Å². The monoisotopic (exact) mass is 336 g/mol. The molecule has 0 radical (unpaired) electrons. The molecule has 1 aliphatic heterocycles. The first-order valence-electron chi connectivity index (χ1n) is 5.60. The Balaban J connectivity index is 2.41. The fraction of sp³-hybridized carbons (Fsp3) is 0.455. The Morgan fingerprint density at radius 1 is 1.50 bits per heavy atom. The second-order valence-corrected chi connectivity index (χ2v) is 6.96. The number of sulfonamides is 1. The molecule has 0 aromatic heterocycles. The lowest BCUT2D eigenvalue weighted by molar-refractivity contribution is 0.283. The molecule has 18 heavy (non-hydrogen) atoms. The van der Waals surface area contributed by atoms with Gasteiger partial charge in [0.15, 0.2) is 0 Å². The molecular formula is C11H14BrFN2O2S. The molecule has 1 aliphatic rings. The van der Waals surface area contributed by atoms with Crippen LogP contribution in [0.4, 0.5) is 4.39 Å². The topological polar surface area (TPSA) is 49.4 Å². The highest BCUT2D eigenvalue weighted by atomic mass is 79.9. The fourth-order valence-corrected chi connectivity index (χ4v) is 4.63. The van der Waals surface area contributed by atoms with Crippen molar-refractivity contribution in [2.45, 2.75) is 17.9 Å². The zero-order valence-electron chi connectivity index (χ0n) is 9.86. The van der Waals surface area contributed by atoms with Gasteiger partial charge in [0.25, 0.3) is 0 Å². The molecule has 1 N–H and O–H groups in total. The van der Waals surface area contributed by atoms with E-state index < -0.39 is 15.8 Å². The normalized spacial score (nSPS) is 22.1. The maximum Gasteiger partial charge on any atom is 0.244 e. The molecule has 0 spiro atoms. The van der Waals surface area contributed by atoms with E-state index in [1.165, 1.54) is 16.4 Å². The van der Waals surface area contributed by atoms with E-state index in [1.807, 2.05) is 6.92 Å². The summed E-state index contributed by atoms with van der Waals surface area (Å²) in [5.41, 5.74) is 0. The van der Waals surface area contributed by atoms with Crippen molar-refractivity contribution in [3.63, 3.8) is 0 Å². The molecule has 2 rings (SSSR count). The van der Waals surface area contributed by atoms with Crippen molar-refractivity contribution in [3.05, 3.63) is 28.5 Å². The molecular weight excluding hydrogens is 323 g/mol. The van der Waals surface area contributed by atoms with Crippen LogP contribution in [-0.4, -0.2) is 38.4 Å². The minimum Gasteiger partial charge on any atom is -0.314 e. The molecule has 1 heterocycles. The number of rotatable bonds is 2. The van der Waals surface area contributed by atoms with Gasteiger partial charge < -0.3 is 5.32 Å². The van der Waals surface area contributed by atoms with E-state index in [0.29, 0.717) is 19.6 Å². The highest BCUT2D eigenvalue weighted by Gasteiger charge is 2.32. The van der Waals surface area contributed by atoms with E-state index in [9.17, 15) is 12.8 Å². The molecule has 0 aliphatic carbocycles. The molecule has 100 valence electrons. The first-order valence-corrected chi connectivity index (χ1v) is 7.84. The first-order chi connectivity index (χ1) is 8.43. The number of nitrogens with one attached hydrogen (secondary N) is 1. The first kappa shape index (κ1) is 13.9. The van der Waals surface area contributed by atoms with Crippen LogP contribution in [0.15, 0.2) is 27.6 Å². The van der Waals surface area contributed by atoms with Gasteiger partial charge in [0.1, 0.15) is 5.82 Å². The molecule has 1 atom stereocenters. The molecule has 1 aromatic rings. The van der Waals surface area contributed by atoms with Gasteiger partial charge in [0.2, 0.25) is 10.0 Å². The molecule has 1 unspecified atom stereocenters. The molecule has 0 amide bonds. The number of hydrogen-bond acceptors (Lipinski definition) is 3. The minimum atomic E-state index is -3.58. The van der Waals surface area contributed by atoms with E-state index in [4.69, 9.17) is 0 Å². The molecule has 1 aromatic carbocycles. The second kappa shape index (κ2) is 5.24. The number of benzene rings is 1. The quantitative estimate of drug-likeness (QED) is 0.891. The number of halogens is 2. The van der Waals surface area contributed by atoms with Crippen LogP contribution in [-0.2, 0) is 10.0 Å². The summed E-state index contributed by atoms with van der Waals surface area (Å²) in [6.07, 6.45) is 0. The SMILES string of the molecule is CC1CNCCN1S(=O)(=O)c1ccc(F)cc1Br. The van der Waals surface area contributed by atoms with Gasteiger partial charge in [-0.2, -0.15) is 4.31 Å². The van der Waals surface area contributed by atoms with Crippen molar-refractivity contribution in [1.29, 1.82) is 0 Å². The van der Waals surface area contributed by atoms with Gasteiger partial charge in [0, 0.05) is 30.1 Å². The number of piperazine rings is 1. The van der Waals surface area contributed by atoms with E-state index in [-0.39, 0.29) is 15.4 Å². The van der Waals surface area contributed by atoms with E-state index in [1.54, 1.807) is 0 Å². The summed E-state index contributed by atoms with van der Waals surface area (Å²) >= 11 is 3.11. The van der Waals surface area contributed by atoms with Gasteiger partial charge >= 0.3 is 0 Å². The highest BCUT2D eigenvalue weighted by molar-refractivity contribution is 9.10. The van der Waals surface area contributed by atoms with Crippen LogP contribution in [0.3, 0.4) is 0 Å². The second-order valence-electron chi connectivity index (χ2n) is 4.24. The summed E-state index contributed by atoms with van der Waals surface area (Å²) in [4.78, 5) is 0.109. The smallest absolute Gasteiger partial charge is 0.244 e. The standard InChI is InChI=1S/C11H14BrFN2O2S/c1-8-7-14-4-5-15(8)18(16,17)11-3-2-9(13)6-10(11)12/h2-3,6,8,14H,4-5,7H2,1H3. The zero-order valence-corrected chi connectivity index (χ0v) is 12.3. The molecule has 0 bridgehead atoms. The molecule has 0 saturated carbocycles. The lowest BCUT2D eigenvalue weighted by Crippen LogP contribution is -2.52. The Morgan fingerprint density at radius 2 is 2.22 bits per heavy atom. The summed E-state index contributed by atoms with van der Waals surface area (Å²) in [6.45, 7) is 3.52. The van der Waals surface area contributed by atoms with Crippen molar-refractivity contribution in [2.75, 3.05) is 19.6 Å². The lowest BCUT2D eigenvalue weighted by Gasteiger charge is -2.33. The van der Waals surface area contributed by atoms with Gasteiger partial charge in [-0.15, -0.1) is 0 Å². The van der Waals surface area contributed by atoms with Crippen LogP contribution in [0.5, 0.6) is 0 Å². The van der Waals surface area contributed by atoms with E-state index >= 15 is 0 Å². The number of nitrogens with zero attached hydrogens (tertiary/aromatic N) is 1. The summed E-state index contributed by atoms with van der Waals surface area (Å²) in [5, 5.41) is 3.13. The third-order valence-corrected chi connectivity index (χ3v) is 5.91. The third-order valence-electron chi connectivity index (χ3n) is 2.92. The van der Waals surface area contributed by atoms with Gasteiger partial charge in [-0.1, -0.05) is 0 Å². The minimum absolute atomic E-state index is 0.109. The van der Waals surface area contributed by atoms with Crippen LogP contribution >= 0.6 is 15.9 Å². The van der Waals surface area contributed by atoms with Crippen molar-refractivity contribution in [3.8, 4) is 0 Å². The number of hydrogen-bond donors (Lipinski definition) is 1. The Kier molecular flexibility index (Phi) is 4.05. The Morgan fingerprint density at radius 3 is 2.83 bits per heavy atom. The van der Waals surface area contributed by atoms with E-state index in [0.717, 1.165) is 6.07 Å². The van der Waals surface area contributed by atoms with Gasteiger partial charge in [-0.3, -0.25) is 0 Å². The maximum atomic E-state index is 13.0. The predicted molar refractivity (Wildman–Crippen MR) is 70.3 cm³/mol. The van der Waals surface area contributed by atoms with Crippen LogP contribution in [0.25, 0.3) is 0 Å². The fourth-order valence-electron chi connectivity index (χ4n) is 1.99. The van der Waals surface area contributed by atoms with Crippen LogP contribution < -0.4 is 5.32 Å². The summed E-state index contributed by atoms with van der Waals surface area (Å²) in [5.74, 6) is -0.464. The van der Waals surface area contributed by atoms with Gasteiger partial charge in [0.05, 0.1) is 4.90 Å². The Hall–Kier alpha value is -0.500. The van der Waals surface area contributed by atoms with Crippen LogP contribution in [0, 0.1) is 5.82 Å². The lowest BCUT2D eigenvalue weighted by atomic mass is 10.3. The zero-order chi connectivity index (χ0) is 13.3. The van der Waals surface area contributed by atoms with Gasteiger partial charge in [-0.05, 0) is 41.1 Å². The van der Waals surface area contributed by atoms with Crippen LogP contribution in [0.1, 0.15) is 6.92 Å². The van der Waals surface area contributed by atoms with E-state index in [2.05, 4.69) is 21.2 Å². The summed E-state index contributed by atoms with van der Waals surface area (Å²) < 4.78 is 39.7. The molecule has 1 saturated heterocycles. The molecule has 7 heteroatoms. The van der Waals surface area contributed by atoms with Crippen LogP contribution in [0.2, 0.25) is 0 Å². The largest absolute Gasteiger partial charge is 0.314 e. The van der Waals surface area contributed by atoms with Crippen molar-refractivity contribution < 1.29 is 12.8 Å². The van der Waals surface area contributed by atoms with Crippen molar-refractivity contribution >= 4 is 26.0 Å². The summed E-state index contributed by atoms with van der Waals surface area (Å²) in [7, 11) is -3.58.